The van der Waals surface area contributed by atoms with Crippen LogP contribution in [0.1, 0.15) is 10.4 Å². The quantitative estimate of drug-likeness (QED) is 0.435. The number of nitrogens with one attached hydrogen (secondary N) is 2. The Balaban J connectivity index is 1.60. The first kappa shape index (κ1) is 17.3. The molecule has 28 heavy (non-hydrogen) atoms. The highest BCUT2D eigenvalue weighted by Gasteiger charge is 2.26. The molecule has 3 aromatic heterocycles. The smallest absolute Gasteiger partial charge is 0.407 e. The van der Waals surface area contributed by atoms with Gasteiger partial charge in [-0.15, -0.1) is 23.1 Å². The fraction of sp³-hybridized carbons (Fsp3) is 0.222. The minimum absolute atomic E-state index is 0.405. The largest absolute Gasteiger partial charge is 0.465 e. The van der Waals surface area contributed by atoms with Crippen molar-refractivity contribution in [3.8, 4) is 0 Å². The fourth-order valence-corrected chi connectivity index (χ4v) is 5.32. The predicted molar refractivity (Wildman–Crippen MR) is 111 cm³/mol. The highest BCUT2D eigenvalue weighted by molar-refractivity contribution is 7.98. The Hall–Kier alpha value is -2.85. The Labute approximate surface area is 168 Å². The zero-order valence-corrected chi connectivity index (χ0v) is 16.5. The number of rotatable bonds is 3. The Morgan fingerprint density at radius 1 is 1.39 bits per heavy atom. The van der Waals surface area contributed by atoms with Gasteiger partial charge in [-0.3, -0.25) is 5.10 Å². The first-order chi connectivity index (χ1) is 13.6. The first-order valence-electron chi connectivity index (χ1n) is 8.65. The molecular formula is C18H16N6O2S2. The van der Waals surface area contributed by atoms with Crippen LogP contribution in [0.15, 0.2) is 29.6 Å². The van der Waals surface area contributed by atoms with Crippen LogP contribution in [0.3, 0.4) is 0 Å². The van der Waals surface area contributed by atoms with Crippen molar-refractivity contribution in [3.05, 3.63) is 35.1 Å². The summed E-state index contributed by atoms with van der Waals surface area (Å²) in [4.78, 5) is 24.7. The average molecular weight is 413 g/mol. The number of amides is 1. The number of fused-ring (bicyclic) bond motifs is 4. The number of carbonyl (C=O) groups is 1. The molecule has 0 unspecified atom stereocenters. The van der Waals surface area contributed by atoms with E-state index in [0.29, 0.717) is 19.5 Å². The summed E-state index contributed by atoms with van der Waals surface area (Å²) in [5.41, 5.74) is 3.10. The lowest BCUT2D eigenvalue weighted by atomic mass is 10.1. The molecule has 3 N–H and O–H groups in total. The van der Waals surface area contributed by atoms with Gasteiger partial charge in [-0.25, -0.2) is 14.8 Å². The molecule has 0 atom stereocenters. The Kier molecular flexibility index (Phi) is 4.09. The lowest BCUT2D eigenvalue weighted by Crippen LogP contribution is -2.34. The summed E-state index contributed by atoms with van der Waals surface area (Å²) in [6, 6.07) is 4.13. The maximum Gasteiger partial charge on any atom is 0.407 e. The summed E-state index contributed by atoms with van der Waals surface area (Å²) in [5.74, 6) is 0.754. The highest BCUT2D eigenvalue weighted by atomic mass is 32.2. The van der Waals surface area contributed by atoms with Crippen molar-refractivity contribution in [2.45, 2.75) is 17.9 Å². The van der Waals surface area contributed by atoms with Crippen LogP contribution in [0.2, 0.25) is 0 Å². The molecule has 0 bridgehead atoms. The molecule has 8 nitrogen and oxygen atoms in total. The number of hydrogen-bond donors (Lipinski definition) is 3. The molecule has 4 heterocycles. The molecule has 0 radical (unpaired) electrons. The molecule has 5 rings (SSSR count). The summed E-state index contributed by atoms with van der Waals surface area (Å²) < 4.78 is 0. The molecule has 0 aliphatic carbocycles. The third-order valence-corrected chi connectivity index (χ3v) is 6.82. The monoisotopic (exact) mass is 412 g/mol. The number of aromatic amines is 1. The number of aromatic nitrogens is 4. The van der Waals surface area contributed by atoms with Crippen molar-refractivity contribution >= 4 is 61.8 Å². The molecule has 1 aliphatic rings. The van der Waals surface area contributed by atoms with Crippen molar-refractivity contribution in [2.24, 2.45) is 0 Å². The van der Waals surface area contributed by atoms with Gasteiger partial charge in [0.15, 0.2) is 0 Å². The van der Waals surface area contributed by atoms with Gasteiger partial charge in [0.25, 0.3) is 0 Å². The second-order valence-corrected chi connectivity index (χ2v) is 8.43. The van der Waals surface area contributed by atoms with Crippen LogP contribution in [-0.4, -0.2) is 49.1 Å². The van der Waals surface area contributed by atoms with E-state index in [-0.39, 0.29) is 0 Å². The van der Waals surface area contributed by atoms with E-state index < -0.39 is 6.09 Å². The number of hydrogen-bond acceptors (Lipinski definition) is 7. The van der Waals surface area contributed by atoms with Gasteiger partial charge in [0.05, 0.1) is 29.3 Å². The number of H-pyrrole nitrogens is 1. The maximum atomic E-state index is 11.3. The van der Waals surface area contributed by atoms with E-state index in [4.69, 9.17) is 0 Å². The zero-order chi connectivity index (χ0) is 19.3. The standard InChI is InChI=1S/C18H16N6O2S2/c1-27-13-5-11-9(6-21-23-11)4-12(13)22-16-15-10-2-3-24(18(25)26)7-14(10)28-17(15)20-8-19-16/h4-6,8H,2-3,7H2,1H3,(H,21,23)(H,25,26)(H,19,20,22). The van der Waals surface area contributed by atoms with Gasteiger partial charge in [0.1, 0.15) is 17.0 Å². The van der Waals surface area contributed by atoms with E-state index in [1.165, 1.54) is 4.90 Å². The normalized spacial score (nSPS) is 13.8. The number of thiophene rings is 1. The summed E-state index contributed by atoms with van der Waals surface area (Å²) >= 11 is 3.19. The topological polar surface area (TPSA) is 107 Å². The zero-order valence-electron chi connectivity index (χ0n) is 14.9. The van der Waals surface area contributed by atoms with Crippen LogP contribution in [0, 0.1) is 0 Å². The van der Waals surface area contributed by atoms with E-state index in [9.17, 15) is 9.90 Å². The number of nitrogens with zero attached hydrogens (tertiary/aromatic N) is 4. The van der Waals surface area contributed by atoms with Crippen molar-refractivity contribution < 1.29 is 9.90 Å². The van der Waals surface area contributed by atoms with Gasteiger partial charge in [0, 0.05) is 21.7 Å². The van der Waals surface area contributed by atoms with Gasteiger partial charge in [0.2, 0.25) is 0 Å². The Bertz CT molecular complexity index is 1220. The molecular weight excluding hydrogens is 396 g/mol. The van der Waals surface area contributed by atoms with E-state index in [0.717, 1.165) is 48.0 Å². The highest BCUT2D eigenvalue weighted by Crippen LogP contribution is 2.39. The molecule has 142 valence electrons. The summed E-state index contributed by atoms with van der Waals surface area (Å²) in [7, 11) is 0. The molecule has 0 fully saturated rings. The summed E-state index contributed by atoms with van der Waals surface area (Å²) in [6.45, 7) is 0.891. The van der Waals surface area contributed by atoms with Crippen molar-refractivity contribution in [1.82, 2.24) is 25.1 Å². The van der Waals surface area contributed by atoms with Crippen LogP contribution in [-0.2, 0) is 13.0 Å². The molecule has 1 amide bonds. The van der Waals surface area contributed by atoms with E-state index in [1.54, 1.807) is 35.6 Å². The Morgan fingerprint density at radius 2 is 2.29 bits per heavy atom. The number of thioether (sulfide) groups is 1. The molecule has 1 aromatic carbocycles. The number of benzene rings is 1. The fourth-order valence-electron chi connectivity index (χ4n) is 3.55. The van der Waals surface area contributed by atoms with Gasteiger partial charge < -0.3 is 15.3 Å². The molecule has 0 saturated heterocycles. The van der Waals surface area contributed by atoms with Crippen LogP contribution in [0.4, 0.5) is 16.3 Å². The van der Waals surface area contributed by atoms with Gasteiger partial charge in [-0.2, -0.15) is 5.10 Å². The van der Waals surface area contributed by atoms with Gasteiger partial charge in [-0.05, 0) is 30.4 Å². The van der Waals surface area contributed by atoms with E-state index in [2.05, 4.69) is 37.6 Å². The van der Waals surface area contributed by atoms with Crippen molar-refractivity contribution in [3.63, 3.8) is 0 Å². The van der Waals surface area contributed by atoms with E-state index >= 15 is 0 Å². The first-order valence-corrected chi connectivity index (χ1v) is 10.7. The van der Waals surface area contributed by atoms with Gasteiger partial charge >= 0.3 is 6.09 Å². The van der Waals surface area contributed by atoms with Crippen LogP contribution in [0.5, 0.6) is 0 Å². The number of carboxylic acid groups (broad SMARTS) is 1. The number of anilines is 2. The molecule has 1 aliphatic heterocycles. The third kappa shape index (κ3) is 2.76. The third-order valence-electron chi connectivity index (χ3n) is 4.92. The van der Waals surface area contributed by atoms with Crippen LogP contribution >= 0.6 is 23.1 Å². The SMILES string of the molecule is CSc1cc2[nH]ncc2cc1Nc1ncnc2sc3c(c12)CCN(C(=O)O)C3. The van der Waals surface area contributed by atoms with Crippen LogP contribution < -0.4 is 5.32 Å². The molecule has 4 aromatic rings. The lowest BCUT2D eigenvalue weighted by molar-refractivity contribution is 0.140. The average Bonchev–Trinajstić information content (AvgIpc) is 3.30. The van der Waals surface area contributed by atoms with E-state index in [1.807, 2.05) is 6.26 Å². The predicted octanol–water partition coefficient (Wildman–Crippen LogP) is 4.07. The lowest BCUT2D eigenvalue weighted by Gasteiger charge is -2.24. The summed E-state index contributed by atoms with van der Waals surface area (Å²) in [6.07, 6.45) is 5.17. The van der Waals surface area contributed by atoms with Gasteiger partial charge in [-0.1, -0.05) is 0 Å². The molecule has 0 saturated carbocycles. The second-order valence-electron chi connectivity index (χ2n) is 6.50. The Morgan fingerprint density at radius 3 is 3.11 bits per heavy atom. The maximum absolute atomic E-state index is 11.3. The summed E-state index contributed by atoms with van der Waals surface area (Å²) in [5, 5.41) is 21.9. The molecule has 0 spiro atoms. The minimum Gasteiger partial charge on any atom is -0.465 e. The molecule has 10 heteroatoms. The van der Waals surface area contributed by atoms with Crippen molar-refractivity contribution in [2.75, 3.05) is 18.1 Å². The van der Waals surface area contributed by atoms with Crippen LogP contribution in [0.25, 0.3) is 21.1 Å². The van der Waals surface area contributed by atoms with Crippen molar-refractivity contribution in [1.29, 1.82) is 0 Å². The minimum atomic E-state index is -0.884. The second kappa shape index (κ2) is 6.64.